The predicted octanol–water partition coefficient (Wildman–Crippen LogP) is 1.16. The average Bonchev–Trinajstić information content (AvgIpc) is 2.83. The fraction of sp³-hybridized carbons (Fsp3) is 0.250. The summed E-state index contributed by atoms with van der Waals surface area (Å²) in [6.45, 7) is 3.40. The zero-order valence-corrected chi connectivity index (χ0v) is 11.4. The molecule has 0 aliphatic heterocycles. The number of aryl methyl sites for hydroxylation is 1. The number of nitrogens with zero attached hydrogens (tertiary/aromatic N) is 2. The van der Waals surface area contributed by atoms with Gasteiger partial charge in [-0.1, -0.05) is 6.07 Å². The second-order valence-electron chi connectivity index (χ2n) is 4.06. The molecular weight excluding hydrogens is 264 g/mol. The van der Waals surface area contributed by atoms with E-state index in [4.69, 9.17) is 5.14 Å². The van der Waals surface area contributed by atoms with Crippen LogP contribution in [0.4, 0.5) is 5.69 Å². The van der Waals surface area contributed by atoms with Crippen molar-refractivity contribution in [2.45, 2.75) is 24.9 Å². The van der Waals surface area contributed by atoms with E-state index in [9.17, 15) is 8.42 Å². The van der Waals surface area contributed by atoms with Crippen LogP contribution in [0.2, 0.25) is 0 Å². The maximum absolute atomic E-state index is 11.3. The number of anilines is 1. The van der Waals surface area contributed by atoms with Crippen molar-refractivity contribution in [1.82, 2.24) is 9.55 Å². The molecule has 1 aromatic carbocycles. The van der Waals surface area contributed by atoms with Crippen LogP contribution in [0, 0.1) is 0 Å². The van der Waals surface area contributed by atoms with Crippen molar-refractivity contribution in [3.63, 3.8) is 0 Å². The molecule has 0 fully saturated rings. The zero-order chi connectivity index (χ0) is 13.9. The van der Waals surface area contributed by atoms with Gasteiger partial charge in [0.15, 0.2) is 0 Å². The van der Waals surface area contributed by atoms with Crippen LogP contribution in [-0.2, 0) is 23.1 Å². The molecule has 102 valence electrons. The number of rotatable bonds is 5. The van der Waals surface area contributed by atoms with Crippen LogP contribution in [-0.4, -0.2) is 18.0 Å². The topological polar surface area (TPSA) is 90.0 Å². The predicted molar refractivity (Wildman–Crippen MR) is 73.0 cm³/mol. The van der Waals surface area contributed by atoms with Gasteiger partial charge in [-0.2, -0.15) is 0 Å². The molecule has 0 saturated carbocycles. The average molecular weight is 280 g/mol. The van der Waals surface area contributed by atoms with E-state index in [2.05, 4.69) is 10.3 Å². The monoisotopic (exact) mass is 280 g/mol. The van der Waals surface area contributed by atoms with E-state index < -0.39 is 10.0 Å². The summed E-state index contributed by atoms with van der Waals surface area (Å²) < 4.78 is 24.5. The van der Waals surface area contributed by atoms with Crippen LogP contribution in [0.15, 0.2) is 41.6 Å². The lowest BCUT2D eigenvalue weighted by molar-refractivity contribution is 0.598. The van der Waals surface area contributed by atoms with Crippen molar-refractivity contribution in [2.75, 3.05) is 5.32 Å². The van der Waals surface area contributed by atoms with Crippen LogP contribution >= 0.6 is 0 Å². The zero-order valence-electron chi connectivity index (χ0n) is 10.6. The van der Waals surface area contributed by atoms with E-state index in [0.717, 1.165) is 12.4 Å². The van der Waals surface area contributed by atoms with Gasteiger partial charge in [-0.05, 0) is 25.1 Å². The molecule has 0 saturated heterocycles. The van der Waals surface area contributed by atoms with Crippen LogP contribution in [0.25, 0.3) is 0 Å². The number of hydrogen-bond acceptors (Lipinski definition) is 4. The van der Waals surface area contributed by atoms with Crippen LogP contribution in [0.3, 0.4) is 0 Å². The molecule has 0 radical (unpaired) electrons. The number of aromatic nitrogens is 2. The molecule has 0 atom stereocenters. The third-order valence-corrected chi connectivity index (χ3v) is 3.67. The van der Waals surface area contributed by atoms with Crippen molar-refractivity contribution in [3.05, 3.63) is 42.5 Å². The van der Waals surface area contributed by atoms with E-state index in [1.165, 1.54) is 12.1 Å². The maximum Gasteiger partial charge on any atom is 0.238 e. The molecule has 0 amide bonds. The van der Waals surface area contributed by atoms with Gasteiger partial charge in [-0.15, -0.1) is 0 Å². The van der Waals surface area contributed by atoms with Gasteiger partial charge in [0.25, 0.3) is 0 Å². The Kier molecular flexibility index (Phi) is 3.87. The molecule has 6 nitrogen and oxygen atoms in total. The van der Waals surface area contributed by atoms with Gasteiger partial charge in [0, 0.05) is 24.6 Å². The molecule has 7 heteroatoms. The van der Waals surface area contributed by atoms with Crippen LogP contribution in [0.1, 0.15) is 12.7 Å². The van der Waals surface area contributed by atoms with Gasteiger partial charge < -0.3 is 9.88 Å². The summed E-state index contributed by atoms with van der Waals surface area (Å²) >= 11 is 0. The van der Waals surface area contributed by atoms with Crippen molar-refractivity contribution >= 4 is 15.7 Å². The highest BCUT2D eigenvalue weighted by molar-refractivity contribution is 7.89. The summed E-state index contributed by atoms with van der Waals surface area (Å²) in [4.78, 5) is 4.32. The minimum Gasteiger partial charge on any atom is -0.378 e. The lowest BCUT2D eigenvalue weighted by Crippen LogP contribution is -2.13. The summed E-state index contributed by atoms with van der Waals surface area (Å²) in [7, 11) is -3.67. The first-order chi connectivity index (χ1) is 9.00. The molecule has 0 unspecified atom stereocenters. The number of benzene rings is 1. The number of nitrogens with one attached hydrogen (secondary N) is 1. The Hall–Kier alpha value is -1.86. The van der Waals surface area contributed by atoms with Gasteiger partial charge in [0.1, 0.15) is 5.82 Å². The SMILES string of the molecule is CCn1ccnc1CNc1cccc(S(N)(=O)=O)c1. The maximum atomic E-state index is 11.3. The smallest absolute Gasteiger partial charge is 0.238 e. The molecule has 2 aromatic rings. The van der Waals surface area contributed by atoms with Gasteiger partial charge >= 0.3 is 0 Å². The minimum atomic E-state index is -3.67. The van der Waals surface area contributed by atoms with Crippen molar-refractivity contribution in [3.8, 4) is 0 Å². The molecule has 0 spiro atoms. The Balaban J connectivity index is 2.12. The molecule has 0 bridgehead atoms. The fourth-order valence-electron chi connectivity index (χ4n) is 1.76. The van der Waals surface area contributed by atoms with Crippen molar-refractivity contribution in [1.29, 1.82) is 0 Å². The van der Waals surface area contributed by atoms with Crippen LogP contribution < -0.4 is 10.5 Å². The van der Waals surface area contributed by atoms with Gasteiger partial charge in [-0.25, -0.2) is 18.5 Å². The highest BCUT2D eigenvalue weighted by atomic mass is 32.2. The van der Waals surface area contributed by atoms with Gasteiger partial charge in [-0.3, -0.25) is 0 Å². The standard InChI is InChI=1S/C12H16N4O2S/c1-2-16-7-6-14-12(16)9-15-10-4-3-5-11(8-10)19(13,17)18/h3-8,15H,2,9H2,1H3,(H2,13,17,18). The Morgan fingerprint density at radius 3 is 2.89 bits per heavy atom. The Bertz CT molecular complexity index is 664. The summed E-state index contributed by atoms with van der Waals surface area (Å²) in [5.41, 5.74) is 0.692. The van der Waals surface area contributed by atoms with Gasteiger partial charge in [0.05, 0.1) is 11.4 Å². The summed E-state index contributed by atoms with van der Waals surface area (Å²) in [6.07, 6.45) is 3.64. The Morgan fingerprint density at radius 2 is 2.21 bits per heavy atom. The Morgan fingerprint density at radius 1 is 1.42 bits per heavy atom. The second kappa shape index (κ2) is 5.41. The summed E-state index contributed by atoms with van der Waals surface area (Å²) in [6, 6.07) is 6.41. The first kappa shape index (κ1) is 13.6. The minimum absolute atomic E-state index is 0.0938. The van der Waals surface area contributed by atoms with Crippen LogP contribution in [0.5, 0.6) is 0 Å². The van der Waals surface area contributed by atoms with E-state index in [1.54, 1.807) is 18.3 Å². The molecular formula is C12H16N4O2S. The third-order valence-electron chi connectivity index (χ3n) is 2.76. The fourth-order valence-corrected chi connectivity index (χ4v) is 2.32. The number of hydrogen-bond donors (Lipinski definition) is 2. The molecule has 19 heavy (non-hydrogen) atoms. The molecule has 0 aliphatic carbocycles. The normalized spacial score (nSPS) is 11.5. The molecule has 2 rings (SSSR count). The van der Waals surface area contributed by atoms with Crippen molar-refractivity contribution in [2.24, 2.45) is 5.14 Å². The number of imidazole rings is 1. The first-order valence-electron chi connectivity index (χ1n) is 5.87. The third kappa shape index (κ3) is 3.33. The molecule has 0 aliphatic rings. The van der Waals surface area contributed by atoms with E-state index in [-0.39, 0.29) is 4.90 Å². The lowest BCUT2D eigenvalue weighted by Gasteiger charge is -2.08. The molecule has 3 N–H and O–H groups in total. The van der Waals surface area contributed by atoms with Gasteiger partial charge in [0.2, 0.25) is 10.0 Å². The first-order valence-corrected chi connectivity index (χ1v) is 7.42. The largest absolute Gasteiger partial charge is 0.378 e. The Labute approximate surface area is 112 Å². The second-order valence-corrected chi connectivity index (χ2v) is 5.62. The quantitative estimate of drug-likeness (QED) is 0.860. The number of primary sulfonamides is 1. The molecule has 1 heterocycles. The molecule has 1 aromatic heterocycles. The number of sulfonamides is 1. The van der Waals surface area contributed by atoms with E-state index in [0.29, 0.717) is 12.2 Å². The highest BCUT2D eigenvalue weighted by Gasteiger charge is 2.08. The van der Waals surface area contributed by atoms with E-state index in [1.807, 2.05) is 17.7 Å². The lowest BCUT2D eigenvalue weighted by atomic mass is 10.3. The summed E-state index contributed by atoms with van der Waals surface area (Å²) in [5, 5.41) is 8.22. The highest BCUT2D eigenvalue weighted by Crippen LogP contribution is 2.14. The van der Waals surface area contributed by atoms with E-state index >= 15 is 0 Å². The van der Waals surface area contributed by atoms with Crippen molar-refractivity contribution < 1.29 is 8.42 Å². The summed E-state index contributed by atoms with van der Waals surface area (Å²) in [5.74, 6) is 0.892. The number of nitrogens with two attached hydrogens (primary N) is 1.